The van der Waals surface area contributed by atoms with Crippen molar-refractivity contribution in [1.82, 2.24) is 10.3 Å². The van der Waals surface area contributed by atoms with Gasteiger partial charge >= 0.3 is 0 Å². The molecule has 0 radical (unpaired) electrons. The van der Waals surface area contributed by atoms with Crippen LogP contribution in [0.5, 0.6) is 5.75 Å². The lowest BCUT2D eigenvalue weighted by Gasteiger charge is -2.12. The summed E-state index contributed by atoms with van der Waals surface area (Å²) in [6.07, 6.45) is 2.01. The van der Waals surface area contributed by atoms with Crippen LogP contribution >= 0.6 is 0 Å². The molecule has 0 aliphatic rings. The Balaban J connectivity index is 2.60. The zero-order valence-electron chi connectivity index (χ0n) is 11.8. The van der Waals surface area contributed by atoms with E-state index in [1.54, 1.807) is 0 Å². The number of pyridine rings is 1. The molecular formula is C15H24N2O. The second-order valence-electron chi connectivity index (χ2n) is 4.63. The van der Waals surface area contributed by atoms with Gasteiger partial charge in [-0.15, -0.1) is 6.58 Å². The van der Waals surface area contributed by atoms with E-state index in [1.807, 2.05) is 26.0 Å². The lowest BCUT2D eigenvalue weighted by molar-refractivity contribution is 0.315. The molecule has 0 spiro atoms. The number of aryl methyl sites for hydroxylation is 1. The number of ether oxygens (including phenoxy) is 1. The molecule has 1 N–H and O–H groups in total. The fraction of sp³-hybridized carbons (Fsp3) is 0.533. The third-order valence-electron chi connectivity index (χ3n) is 2.58. The maximum Gasteiger partial charge on any atom is 0.142 e. The van der Waals surface area contributed by atoms with E-state index in [0.717, 1.165) is 48.6 Å². The van der Waals surface area contributed by atoms with Gasteiger partial charge < -0.3 is 10.1 Å². The standard InChI is InChI=1S/C15H24N2O/c1-5-9-16-11-14-15(7-6-13(4)17-14)18-10-8-12(2)3/h6-7,16H,2,5,8-11H2,1,3-4H3. The van der Waals surface area contributed by atoms with Gasteiger partial charge in [-0.25, -0.2) is 0 Å². The van der Waals surface area contributed by atoms with Gasteiger partial charge in [0, 0.05) is 18.7 Å². The Morgan fingerprint density at radius 3 is 2.89 bits per heavy atom. The molecule has 0 saturated carbocycles. The lowest BCUT2D eigenvalue weighted by atomic mass is 10.2. The van der Waals surface area contributed by atoms with Crippen LogP contribution in [0.3, 0.4) is 0 Å². The van der Waals surface area contributed by atoms with E-state index in [4.69, 9.17) is 4.74 Å². The minimum Gasteiger partial charge on any atom is -0.491 e. The summed E-state index contributed by atoms with van der Waals surface area (Å²) >= 11 is 0. The third-order valence-corrected chi connectivity index (χ3v) is 2.58. The van der Waals surface area contributed by atoms with E-state index in [9.17, 15) is 0 Å². The molecule has 0 atom stereocenters. The maximum absolute atomic E-state index is 5.77. The third kappa shape index (κ3) is 5.32. The Morgan fingerprint density at radius 1 is 1.44 bits per heavy atom. The van der Waals surface area contributed by atoms with Crippen molar-refractivity contribution in [1.29, 1.82) is 0 Å². The van der Waals surface area contributed by atoms with Gasteiger partial charge in [-0.3, -0.25) is 4.98 Å². The van der Waals surface area contributed by atoms with Crippen LogP contribution in [0.2, 0.25) is 0 Å². The van der Waals surface area contributed by atoms with Crippen LogP contribution in [0.4, 0.5) is 0 Å². The number of hydrogen-bond acceptors (Lipinski definition) is 3. The summed E-state index contributed by atoms with van der Waals surface area (Å²) in [6, 6.07) is 3.99. The molecule has 0 saturated heterocycles. The summed E-state index contributed by atoms with van der Waals surface area (Å²) in [5, 5.41) is 3.36. The first kappa shape index (κ1) is 14.7. The zero-order chi connectivity index (χ0) is 13.4. The fourth-order valence-corrected chi connectivity index (χ4v) is 1.57. The average Bonchev–Trinajstić information content (AvgIpc) is 2.32. The molecule has 0 bridgehead atoms. The van der Waals surface area contributed by atoms with Crippen molar-refractivity contribution in [2.45, 2.75) is 40.2 Å². The molecule has 0 aromatic carbocycles. The van der Waals surface area contributed by atoms with E-state index in [-0.39, 0.29) is 0 Å². The van der Waals surface area contributed by atoms with Crippen LogP contribution in [0, 0.1) is 6.92 Å². The molecule has 1 rings (SSSR count). The van der Waals surface area contributed by atoms with Gasteiger partial charge in [0.25, 0.3) is 0 Å². The van der Waals surface area contributed by atoms with Crippen LogP contribution in [0.15, 0.2) is 24.3 Å². The number of nitrogens with one attached hydrogen (secondary N) is 1. The van der Waals surface area contributed by atoms with Gasteiger partial charge in [-0.1, -0.05) is 12.5 Å². The summed E-state index contributed by atoms with van der Waals surface area (Å²) in [5.74, 6) is 0.880. The van der Waals surface area contributed by atoms with Crippen LogP contribution in [0.25, 0.3) is 0 Å². The summed E-state index contributed by atoms with van der Waals surface area (Å²) in [5.41, 5.74) is 3.15. The van der Waals surface area contributed by atoms with E-state index in [0.29, 0.717) is 6.61 Å². The highest BCUT2D eigenvalue weighted by molar-refractivity contribution is 5.29. The van der Waals surface area contributed by atoms with Crippen molar-refractivity contribution >= 4 is 0 Å². The largest absolute Gasteiger partial charge is 0.491 e. The molecule has 0 fully saturated rings. The smallest absolute Gasteiger partial charge is 0.142 e. The predicted octanol–water partition coefficient (Wildman–Crippen LogP) is 3.23. The quantitative estimate of drug-likeness (QED) is 0.566. The second kappa shape index (κ2) is 7.88. The molecule has 1 heterocycles. The van der Waals surface area contributed by atoms with Crippen LogP contribution < -0.4 is 10.1 Å². The molecule has 1 aromatic heterocycles. The predicted molar refractivity (Wildman–Crippen MR) is 75.9 cm³/mol. The van der Waals surface area contributed by atoms with Gasteiger partial charge in [0.15, 0.2) is 0 Å². The van der Waals surface area contributed by atoms with Crippen molar-refractivity contribution in [2.24, 2.45) is 0 Å². The Morgan fingerprint density at radius 2 is 2.22 bits per heavy atom. The van der Waals surface area contributed by atoms with Gasteiger partial charge in [0.05, 0.1) is 12.3 Å². The van der Waals surface area contributed by atoms with E-state index >= 15 is 0 Å². The van der Waals surface area contributed by atoms with E-state index in [1.165, 1.54) is 0 Å². The average molecular weight is 248 g/mol. The molecule has 0 aliphatic carbocycles. The van der Waals surface area contributed by atoms with Gasteiger partial charge in [0.2, 0.25) is 0 Å². The Labute approximate surface area is 110 Å². The molecule has 0 unspecified atom stereocenters. The molecule has 0 aliphatic heterocycles. The molecule has 1 aromatic rings. The van der Waals surface area contributed by atoms with Gasteiger partial charge in [-0.2, -0.15) is 0 Å². The van der Waals surface area contributed by atoms with Crippen molar-refractivity contribution in [3.05, 3.63) is 35.7 Å². The second-order valence-corrected chi connectivity index (χ2v) is 4.63. The number of rotatable bonds is 8. The monoisotopic (exact) mass is 248 g/mol. The summed E-state index contributed by atoms with van der Waals surface area (Å²) in [4.78, 5) is 4.53. The van der Waals surface area contributed by atoms with E-state index in [2.05, 4.69) is 23.8 Å². The van der Waals surface area contributed by atoms with E-state index < -0.39 is 0 Å². The lowest BCUT2D eigenvalue weighted by Crippen LogP contribution is -2.16. The van der Waals surface area contributed by atoms with Crippen LogP contribution in [-0.2, 0) is 6.54 Å². The Kier molecular flexibility index (Phi) is 6.44. The summed E-state index contributed by atoms with van der Waals surface area (Å²) < 4.78 is 5.77. The number of nitrogens with zero attached hydrogens (tertiary/aromatic N) is 1. The van der Waals surface area contributed by atoms with Crippen molar-refractivity contribution in [2.75, 3.05) is 13.2 Å². The highest BCUT2D eigenvalue weighted by Crippen LogP contribution is 2.17. The van der Waals surface area contributed by atoms with Crippen molar-refractivity contribution in [3.63, 3.8) is 0 Å². The maximum atomic E-state index is 5.77. The summed E-state index contributed by atoms with van der Waals surface area (Å²) in [6.45, 7) is 12.5. The van der Waals surface area contributed by atoms with Crippen LogP contribution in [0.1, 0.15) is 38.1 Å². The zero-order valence-corrected chi connectivity index (χ0v) is 11.8. The number of aromatic nitrogens is 1. The summed E-state index contributed by atoms with van der Waals surface area (Å²) in [7, 11) is 0. The molecule has 18 heavy (non-hydrogen) atoms. The topological polar surface area (TPSA) is 34.1 Å². The minimum atomic E-state index is 0.668. The first-order valence-corrected chi connectivity index (χ1v) is 6.58. The molecular weight excluding hydrogens is 224 g/mol. The Bertz CT molecular complexity index is 388. The number of hydrogen-bond donors (Lipinski definition) is 1. The van der Waals surface area contributed by atoms with Gasteiger partial charge in [0.1, 0.15) is 5.75 Å². The minimum absolute atomic E-state index is 0.668. The normalized spacial score (nSPS) is 10.4. The molecule has 100 valence electrons. The van der Waals surface area contributed by atoms with Gasteiger partial charge in [-0.05, 0) is 38.9 Å². The van der Waals surface area contributed by atoms with Crippen LogP contribution in [-0.4, -0.2) is 18.1 Å². The fourth-order valence-electron chi connectivity index (χ4n) is 1.57. The highest BCUT2D eigenvalue weighted by Gasteiger charge is 2.05. The van der Waals surface area contributed by atoms with Crippen molar-refractivity contribution < 1.29 is 4.74 Å². The van der Waals surface area contributed by atoms with Crippen molar-refractivity contribution in [3.8, 4) is 5.75 Å². The molecule has 3 heteroatoms. The molecule has 0 amide bonds. The highest BCUT2D eigenvalue weighted by atomic mass is 16.5. The first-order chi connectivity index (χ1) is 8.63. The SMILES string of the molecule is C=C(C)CCOc1ccc(C)nc1CNCCC. The first-order valence-electron chi connectivity index (χ1n) is 6.58. The molecule has 3 nitrogen and oxygen atoms in total. The Hall–Kier alpha value is -1.35.